The van der Waals surface area contributed by atoms with Gasteiger partial charge in [-0.25, -0.2) is 14.4 Å². The minimum atomic E-state index is -0.204. The highest BCUT2D eigenvalue weighted by Gasteiger charge is 2.24. The third-order valence-corrected chi connectivity index (χ3v) is 9.13. The van der Waals surface area contributed by atoms with E-state index in [1.54, 1.807) is 19.2 Å². The second kappa shape index (κ2) is 13.7. The molecule has 3 aromatic carbocycles. The Morgan fingerprint density at radius 2 is 1.43 bits per heavy atom. The lowest BCUT2D eigenvalue weighted by Crippen LogP contribution is -2.48. The first-order valence-corrected chi connectivity index (χ1v) is 16.0. The van der Waals surface area contributed by atoms with Crippen molar-refractivity contribution in [2.45, 2.75) is 10.9 Å². The third kappa shape index (κ3) is 6.87. The van der Waals surface area contributed by atoms with Gasteiger partial charge >= 0.3 is 0 Å². The van der Waals surface area contributed by atoms with Crippen LogP contribution < -0.4 is 19.4 Å². The van der Waals surface area contributed by atoms with Crippen LogP contribution in [0, 0.1) is 5.82 Å². The lowest BCUT2D eigenvalue weighted by atomic mass is 10.1. The van der Waals surface area contributed by atoms with Gasteiger partial charge in [0.05, 0.1) is 18.5 Å². The second-order valence-corrected chi connectivity index (χ2v) is 12.0. The summed E-state index contributed by atoms with van der Waals surface area (Å²) in [6.07, 6.45) is 0. The molecule has 2 aliphatic heterocycles. The van der Waals surface area contributed by atoms with Crippen molar-refractivity contribution in [2.24, 2.45) is 0 Å². The number of aromatic nitrogens is 2. The molecule has 3 heterocycles. The van der Waals surface area contributed by atoms with Gasteiger partial charge in [-0.2, -0.15) is 0 Å². The van der Waals surface area contributed by atoms with Crippen LogP contribution in [0.2, 0.25) is 5.15 Å². The van der Waals surface area contributed by atoms with Gasteiger partial charge in [0.15, 0.2) is 5.16 Å². The molecule has 2 aliphatic rings. The Balaban J connectivity index is 1.01. The average molecular weight is 633 g/mol. The summed E-state index contributed by atoms with van der Waals surface area (Å²) in [6, 6.07) is 24.4. The number of hydrogen-bond donors (Lipinski definition) is 0. The van der Waals surface area contributed by atoms with E-state index in [1.165, 1.54) is 17.8 Å². The van der Waals surface area contributed by atoms with Crippen LogP contribution in [0.25, 0.3) is 0 Å². The van der Waals surface area contributed by atoms with Crippen LogP contribution in [0.15, 0.2) is 84.0 Å². The second-order valence-electron chi connectivity index (χ2n) is 10.7. The summed E-state index contributed by atoms with van der Waals surface area (Å²) in [6.45, 7) is 5.60. The molecule has 0 saturated carbocycles. The van der Waals surface area contributed by atoms with Gasteiger partial charge in [-0.15, -0.1) is 0 Å². The maximum Gasteiger partial charge on any atom is 0.253 e. The van der Waals surface area contributed by atoms with Gasteiger partial charge in [-0.05, 0) is 42.0 Å². The summed E-state index contributed by atoms with van der Waals surface area (Å²) in [5.41, 5.74) is 3.43. The van der Waals surface area contributed by atoms with Crippen molar-refractivity contribution < 1.29 is 13.9 Å². The van der Waals surface area contributed by atoms with E-state index in [2.05, 4.69) is 25.8 Å². The molecule has 44 heavy (non-hydrogen) atoms. The number of nitrogens with zero attached hydrogens (tertiary/aromatic N) is 6. The fourth-order valence-electron chi connectivity index (χ4n) is 5.61. The van der Waals surface area contributed by atoms with Crippen LogP contribution in [0.4, 0.5) is 21.6 Å². The number of piperazine rings is 2. The normalized spacial score (nSPS) is 15.4. The van der Waals surface area contributed by atoms with Gasteiger partial charge in [0.25, 0.3) is 5.91 Å². The fraction of sp³-hybridized carbons (Fsp3) is 0.303. The molecule has 0 bridgehead atoms. The topological polar surface area (TPSA) is 65.0 Å². The van der Waals surface area contributed by atoms with Crippen molar-refractivity contribution in [1.29, 1.82) is 0 Å². The lowest BCUT2D eigenvalue weighted by Gasteiger charge is -2.36. The van der Waals surface area contributed by atoms with Crippen molar-refractivity contribution >= 4 is 46.5 Å². The smallest absolute Gasteiger partial charge is 0.253 e. The summed E-state index contributed by atoms with van der Waals surface area (Å²) in [4.78, 5) is 30.8. The van der Waals surface area contributed by atoms with Gasteiger partial charge in [-0.3, -0.25) is 4.79 Å². The summed E-state index contributed by atoms with van der Waals surface area (Å²) < 4.78 is 19.7. The predicted molar refractivity (Wildman–Crippen MR) is 175 cm³/mol. The van der Waals surface area contributed by atoms with Crippen LogP contribution in [-0.4, -0.2) is 80.2 Å². The van der Waals surface area contributed by atoms with Gasteiger partial charge in [0.1, 0.15) is 22.5 Å². The zero-order valence-corrected chi connectivity index (χ0v) is 26.1. The molecule has 2 saturated heterocycles. The molecule has 0 radical (unpaired) electrons. The molecule has 0 spiro atoms. The standard InChI is InChI=1S/C33H34ClFN6O2S/c1-43-29-9-5-4-8-28(29)39-16-20-41(21-17-39)32(42)25-12-10-24(11-13-25)23-44-33-36-30(34)22-31(37-33)40-18-14-38(15-19-40)27-7-3-2-6-26(27)35/h2-13,22H,14-21,23H2,1H3. The Kier molecular flexibility index (Phi) is 9.37. The van der Waals surface area contributed by atoms with Crippen molar-refractivity contribution in [3.05, 3.63) is 101 Å². The largest absolute Gasteiger partial charge is 0.495 e. The van der Waals surface area contributed by atoms with E-state index in [1.807, 2.05) is 59.5 Å². The van der Waals surface area contributed by atoms with Crippen molar-refractivity contribution in [3.8, 4) is 5.75 Å². The minimum absolute atomic E-state index is 0.0433. The number of hydrogen-bond acceptors (Lipinski definition) is 8. The van der Waals surface area contributed by atoms with E-state index in [-0.39, 0.29) is 11.7 Å². The van der Waals surface area contributed by atoms with Crippen molar-refractivity contribution in [3.63, 3.8) is 0 Å². The zero-order valence-electron chi connectivity index (χ0n) is 24.5. The highest BCUT2D eigenvalue weighted by molar-refractivity contribution is 7.98. The number of thioether (sulfide) groups is 1. The number of amides is 1. The maximum absolute atomic E-state index is 14.2. The predicted octanol–water partition coefficient (Wildman–Crippen LogP) is 5.86. The van der Waals surface area contributed by atoms with Crippen LogP contribution in [0.1, 0.15) is 15.9 Å². The number of halogens is 2. The molecule has 0 atom stereocenters. The molecule has 4 aromatic rings. The van der Waals surface area contributed by atoms with Crippen LogP contribution in [0.5, 0.6) is 5.75 Å². The molecule has 0 N–H and O–H groups in total. The summed E-state index contributed by atoms with van der Waals surface area (Å²) in [5, 5.41) is 0.984. The van der Waals surface area contributed by atoms with Gasteiger partial charge in [-0.1, -0.05) is 59.8 Å². The van der Waals surface area contributed by atoms with Gasteiger partial charge in [0.2, 0.25) is 0 Å². The minimum Gasteiger partial charge on any atom is -0.495 e. The molecular weight excluding hydrogens is 599 g/mol. The number of methoxy groups -OCH3 is 1. The van der Waals surface area contributed by atoms with Crippen molar-refractivity contribution in [1.82, 2.24) is 14.9 Å². The molecule has 1 amide bonds. The Bertz CT molecular complexity index is 1590. The molecule has 0 unspecified atom stereocenters. The lowest BCUT2D eigenvalue weighted by molar-refractivity contribution is 0.0746. The first-order valence-electron chi connectivity index (χ1n) is 14.7. The number of anilines is 3. The molecule has 11 heteroatoms. The Hall–Kier alpha value is -4.02. The number of ether oxygens (including phenoxy) is 1. The number of rotatable bonds is 8. The molecule has 8 nitrogen and oxygen atoms in total. The van der Waals surface area contributed by atoms with E-state index in [9.17, 15) is 9.18 Å². The SMILES string of the molecule is COc1ccccc1N1CCN(C(=O)c2ccc(CSc3nc(Cl)cc(N4CCN(c5ccccc5F)CC4)n3)cc2)CC1. The molecule has 228 valence electrons. The van der Waals surface area contributed by atoms with E-state index in [4.69, 9.17) is 21.3 Å². The quantitative estimate of drug-likeness (QED) is 0.136. The zero-order chi connectivity index (χ0) is 30.5. The van der Waals surface area contributed by atoms with Crippen LogP contribution >= 0.6 is 23.4 Å². The van der Waals surface area contributed by atoms with E-state index in [0.29, 0.717) is 66.6 Å². The van der Waals surface area contributed by atoms with Crippen LogP contribution in [0.3, 0.4) is 0 Å². The van der Waals surface area contributed by atoms with E-state index >= 15 is 0 Å². The van der Waals surface area contributed by atoms with Gasteiger partial charge in [0, 0.05) is 69.7 Å². The fourth-order valence-corrected chi connectivity index (χ4v) is 6.65. The number of carbonyl (C=O) groups is 1. The average Bonchev–Trinajstić information content (AvgIpc) is 3.07. The van der Waals surface area contributed by atoms with Crippen LogP contribution in [-0.2, 0) is 5.75 Å². The Morgan fingerprint density at radius 3 is 2.14 bits per heavy atom. The first-order chi connectivity index (χ1) is 21.5. The van der Waals surface area contributed by atoms with Crippen molar-refractivity contribution in [2.75, 3.05) is 74.2 Å². The highest BCUT2D eigenvalue weighted by atomic mass is 35.5. The molecular formula is C33H34ClFN6O2S. The summed E-state index contributed by atoms with van der Waals surface area (Å²) in [5.74, 6) is 2.10. The van der Waals surface area contributed by atoms with E-state index in [0.717, 1.165) is 35.9 Å². The monoisotopic (exact) mass is 632 g/mol. The maximum atomic E-state index is 14.2. The summed E-state index contributed by atoms with van der Waals surface area (Å²) >= 11 is 7.89. The summed E-state index contributed by atoms with van der Waals surface area (Å²) in [7, 11) is 1.68. The Morgan fingerprint density at radius 1 is 0.818 bits per heavy atom. The number of benzene rings is 3. The molecule has 1 aromatic heterocycles. The third-order valence-electron chi connectivity index (χ3n) is 8.02. The molecule has 2 fully saturated rings. The highest BCUT2D eigenvalue weighted by Crippen LogP contribution is 2.29. The molecule has 0 aliphatic carbocycles. The number of para-hydroxylation sites is 3. The van der Waals surface area contributed by atoms with E-state index < -0.39 is 0 Å². The molecule has 6 rings (SSSR count). The first kappa shape index (κ1) is 30.0. The Labute approximate surface area is 266 Å². The number of carbonyl (C=O) groups excluding carboxylic acids is 1. The van der Waals surface area contributed by atoms with Gasteiger partial charge < -0.3 is 24.3 Å².